The third kappa shape index (κ3) is 4.83. The number of likely N-dealkylation sites (N-methyl/N-ethyl adjacent to an activating group) is 1. The third-order valence-electron chi connectivity index (χ3n) is 3.83. The zero-order valence-corrected chi connectivity index (χ0v) is 15.2. The average Bonchev–Trinajstić information content (AvgIpc) is 3.17. The number of carbonyl (C=O) groups is 2. The van der Waals surface area contributed by atoms with Crippen molar-refractivity contribution in [2.45, 2.75) is 6.54 Å². The normalized spacial score (nSPS) is 10.5. The molecule has 1 amide bonds. The molecular formula is C20H19NO4S. The van der Waals surface area contributed by atoms with Crippen LogP contribution in [0.15, 0.2) is 60.0 Å². The maximum Gasteiger partial charge on any atom is 0.344 e. The summed E-state index contributed by atoms with van der Waals surface area (Å²) in [6.45, 7) is -0.0241. The van der Waals surface area contributed by atoms with Gasteiger partial charge in [0.15, 0.2) is 13.2 Å². The summed E-state index contributed by atoms with van der Waals surface area (Å²) in [5.41, 5.74) is 0. The SMILES string of the molecule is CN(Cc1cccs1)C(=O)COC(=O)COc1ccc2ccccc2c1. The highest BCUT2D eigenvalue weighted by Crippen LogP contribution is 2.20. The Balaban J connectivity index is 1.43. The molecule has 0 saturated carbocycles. The van der Waals surface area contributed by atoms with E-state index in [2.05, 4.69) is 0 Å². The van der Waals surface area contributed by atoms with E-state index in [0.717, 1.165) is 15.6 Å². The van der Waals surface area contributed by atoms with Gasteiger partial charge in [0.25, 0.3) is 5.91 Å². The first-order chi connectivity index (χ1) is 12.6. The van der Waals surface area contributed by atoms with Crippen LogP contribution in [0.25, 0.3) is 10.8 Å². The summed E-state index contributed by atoms with van der Waals surface area (Å²) < 4.78 is 10.5. The topological polar surface area (TPSA) is 55.8 Å². The molecule has 3 rings (SSSR count). The van der Waals surface area contributed by atoms with Gasteiger partial charge in [-0.2, -0.15) is 0 Å². The van der Waals surface area contributed by atoms with Gasteiger partial charge in [-0.3, -0.25) is 4.79 Å². The second kappa shape index (κ2) is 8.49. The van der Waals surface area contributed by atoms with Gasteiger partial charge in [-0.25, -0.2) is 4.79 Å². The molecule has 0 fully saturated rings. The van der Waals surface area contributed by atoms with Gasteiger partial charge in [0, 0.05) is 11.9 Å². The van der Waals surface area contributed by atoms with Crippen molar-refractivity contribution in [3.63, 3.8) is 0 Å². The molecule has 26 heavy (non-hydrogen) atoms. The van der Waals surface area contributed by atoms with Crippen molar-refractivity contribution in [1.82, 2.24) is 4.90 Å². The van der Waals surface area contributed by atoms with Gasteiger partial charge >= 0.3 is 5.97 Å². The molecule has 1 heterocycles. The zero-order valence-electron chi connectivity index (χ0n) is 14.4. The predicted molar refractivity (Wildman–Crippen MR) is 101 cm³/mol. The average molecular weight is 369 g/mol. The molecule has 0 atom stereocenters. The minimum absolute atomic E-state index is 0.236. The molecule has 1 aromatic heterocycles. The summed E-state index contributed by atoms with van der Waals surface area (Å²) in [6, 6.07) is 17.4. The van der Waals surface area contributed by atoms with Gasteiger partial charge in [-0.05, 0) is 34.4 Å². The molecule has 0 aliphatic heterocycles. The maximum absolute atomic E-state index is 12.0. The van der Waals surface area contributed by atoms with E-state index >= 15 is 0 Å². The number of rotatable bonds is 7. The fourth-order valence-electron chi connectivity index (χ4n) is 2.42. The Morgan fingerprint density at radius 2 is 1.81 bits per heavy atom. The van der Waals surface area contributed by atoms with Crippen molar-refractivity contribution in [3.05, 3.63) is 64.9 Å². The summed E-state index contributed by atoms with van der Waals surface area (Å²) >= 11 is 1.58. The van der Waals surface area contributed by atoms with Gasteiger partial charge in [-0.15, -0.1) is 11.3 Å². The lowest BCUT2D eigenvalue weighted by molar-refractivity contribution is -0.153. The first-order valence-corrected chi connectivity index (χ1v) is 9.03. The molecule has 5 nitrogen and oxygen atoms in total. The lowest BCUT2D eigenvalue weighted by atomic mass is 10.1. The fourth-order valence-corrected chi connectivity index (χ4v) is 3.18. The standard InChI is InChI=1S/C20H19NO4S/c1-21(12-18-7-4-10-26-18)19(22)13-25-20(23)14-24-17-9-8-15-5-2-3-6-16(15)11-17/h2-11H,12-14H2,1H3. The van der Waals surface area contributed by atoms with E-state index in [1.165, 1.54) is 4.90 Å². The Morgan fingerprint density at radius 1 is 1.00 bits per heavy atom. The van der Waals surface area contributed by atoms with E-state index in [1.54, 1.807) is 24.5 Å². The van der Waals surface area contributed by atoms with E-state index in [4.69, 9.17) is 9.47 Å². The van der Waals surface area contributed by atoms with Crippen LogP contribution in [0.3, 0.4) is 0 Å². The number of hydrogen-bond acceptors (Lipinski definition) is 5. The van der Waals surface area contributed by atoms with Crippen LogP contribution in [0.5, 0.6) is 5.75 Å². The highest BCUT2D eigenvalue weighted by molar-refractivity contribution is 7.09. The molecule has 0 aliphatic carbocycles. The Morgan fingerprint density at radius 3 is 2.58 bits per heavy atom. The number of esters is 1. The van der Waals surface area contributed by atoms with Crippen LogP contribution in [-0.4, -0.2) is 37.0 Å². The van der Waals surface area contributed by atoms with E-state index in [-0.39, 0.29) is 19.1 Å². The second-order valence-corrected chi connectivity index (χ2v) is 6.82. The van der Waals surface area contributed by atoms with E-state index < -0.39 is 5.97 Å². The van der Waals surface area contributed by atoms with Crippen LogP contribution in [0.2, 0.25) is 0 Å². The summed E-state index contributed by atoms with van der Waals surface area (Å²) in [7, 11) is 1.68. The molecular weight excluding hydrogens is 350 g/mol. The Hall–Kier alpha value is -2.86. The van der Waals surface area contributed by atoms with E-state index in [1.807, 2.05) is 53.9 Å². The monoisotopic (exact) mass is 369 g/mol. The largest absolute Gasteiger partial charge is 0.482 e. The number of ether oxygens (including phenoxy) is 2. The number of fused-ring (bicyclic) bond motifs is 1. The van der Waals surface area contributed by atoms with Crippen molar-refractivity contribution < 1.29 is 19.1 Å². The van der Waals surface area contributed by atoms with E-state index in [9.17, 15) is 9.59 Å². The molecule has 0 aliphatic rings. The minimum Gasteiger partial charge on any atom is -0.482 e. The van der Waals surface area contributed by atoms with Gasteiger partial charge in [0.2, 0.25) is 0 Å². The van der Waals surface area contributed by atoms with Crippen LogP contribution < -0.4 is 4.74 Å². The number of carbonyl (C=O) groups excluding carboxylic acids is 2. The van der Waals surface area contributed by atoms with Gasteiger partial charge in [-0.1, -0.05) is 36.4 Å². The maximum atomic E-state index is 12.0. The summed E-state index contributed by atoms with van der Waals surface area (Å²) in [5.74, 6) is -0.240. The van der Waals surface area contributed by atoms with Gasteiger partial charge in [0.05, 0.1) is 6.54 Å². The summed E-state index contributed by atoms with van der Waals surface area (Å²) in [4.78, 5) is 26.4. The molecule has 2 aromatic carbocycles. The van der Waals surface area contributed by atoms with Crippen LogP contribution in [0.1, 0.15) is 4.88 Å². The number of thiophene rings is 1. The molecule has 0 saturated heterocycles. The summed E-state index contributed by atoms with van der Waals surface area (Å²) in [6.07, 6.45) is 0. The van der Waals surface area contributed by atoms with Crippen molar-refractivity contribution in [2.75, 3.05) is 20.3 Å². The number of nitrogens with zero attached hydrogens (tertiary/aromatic N) is 1. The predicted octanol–water partition coefficient (Wildman–Crippen LogP) is 3.48. The number of amides is 1. The lowest BCUT2D eigenvalue weighted by Crippen LogP contribution is -2.31. The van der Waals surface area contributed by atoms with Gasteiger partial charge in [0.1, 0.15) is 5.75 Å². The Labute approximate surface area is 155 Å². The van der Waals surface area contributed by atoms with Crippen LogP contribution in [0.4, 0.5) is 0 Å². The molecule has 0 N–H and O–H groups in total. The van der Waals surface area contributed by atoms with E-state index in [0.29, 0.717) is 12.3 Å². The molecule has 134 valence electrons. The number of hydrogen-bond donors (Lipinski definition) is 0. The molecule has 0 spiro atoms. The number of benzene rings is 2. The first-order valence-electron chi connectivity index (χ1n) is 8.15. The first kappa shape index (κ1) is 17.9. The van der Waals surface area contributed by atoms with Crippen LogP contribution in [-0.2, 0) is 20.9 Å². The van der Waals surface area contributed by atoms with Crippen molar-refractivity contribution in [2.24, 2.45) is 0 Å². The Bertz CT molecular complexity index is 892. The molecule has 0 unspecified atom stereocenters. The van der Waals surface area contributed by atoms with Crippen molar-refractivity contribution in [3.8, 4) is 5.75 Å². The van der Waals surface area contributed by atoms with Crippen LogP contribution in [0, 0.1) is 0 Å². The molecule has 0 bridgehead atoms. The van der Waals surface area contributed by atoms with Crippen LogP contribution >= 0.6 is 11.3 Å². The van der Waals surface area contributed by atoms with Gasteiger partial charge < -0.3 is 14.4 Å². The Kier molecular flexibility index (Phi) is 5.86. The smallest absolute Gasteiger partial charge is 0.344 e. The highest BCUT2D eigenvalue weighted by atomic mass is 32.1. The minimum atomic E-state index is -0.573. The van der Waals surface area contributed by atoms with Crippen molar-refractivity contribution >= 4 is 34.0 Å². The van der Waals surface area contributed by atoms with Crippen molar-refractivity contribution in [1.29, 1.82) is 0 Å². The lowest BCUT2D eigenvalue weighted by Gasteiger charge is -2.16. The molecule has 3 aromatic rings. The summed E-state index contributed by atoms with van der Waals surface area (Å²) in [5, 5.41) is 4.09. The molecule has 6 heteroatoms. The molecule has 0 radical (unpaired) electrons. The fraction of sp³-hybridized carbons (Fsp3) is 0.200. The zero-order chi connectivity index (χ0) is 18.4. The highest BCUT2D eigenvalue weighted by Gasteiger charge is 2.13. The third-order valence-corrected chi connectivity index (χ3v) is 4.69. The quantitative estimate of drug-likeness (QED) is 0.598. The second-order valence-electron chi connectivity index (χ2n) is 5.79.